The van der Waals surface area contributed by atoms with Crippen LogP contribution in [0.25, 0.3) is 0 Å². The molecule has 0 saturated carbocycles. The lowest BCUT2D eigenvalue weighted by atomic mass is 9.82. The second kappa shape index (κ2) is 32.0. The fourth-order valence-electron chi connectivity index (χ4n) is 8.68. The molecule has 1 aromatic carbocycles. The topological polar surface area (TPSA) is 186 Å². The Bertz CT molecular complexity index is 2100. The van der Waals surface area contributed by atoms with Crippen LogP contribution in [0, 0.1) is 23.7 Å². The molecule has 18 heteroatoms. The summed E-state index contributed by atoms with van der Waals surface area (Å²) < 4.78 is 17.5. The molecule has 0 radical (unpaired) electrons. The number of ether oxygens (including phenoxy) is 3. The van der Waals surface area contributed by atoms with Gasteiger partial charge in [-0.3, -0.25) is 28.9 Å². The predicted molar refractivity (Wildman–Crippen MR) is 282 cm³/mol. The first-order chi connectivity index (χ1) is 34.1. The smallest absolute Gasteiger partial charge is 0.407 e. The molecule has 1 aliphatic heterocycles. The van der Waals surface area contributed by atoms with Crippen molar-refractivity contribution in [3.05, 3.63) is 76.4 Å². The molecule has 1 unspecified atom stereocenters. The van der Waals surface area contributed by atoms with E-state index in [-0.39, 0.29) is 80.2 Å². The summed E-state index contributed by atoms with van der Waals surface area (Å²) in [5, 5.41) is 8.54. The minimum Gasteiger partial charge on any atom is -0.455 e. The fraction of sp³-hybridized carbons (Fsp3) is 0.623. The maximum Gasteiger partial charge on any atom is 0.407 e. The number of amides is 3. The number of piperidine rings is 1. The van der Waals surface area contributed by atoms with Crippen molar-refractivity contribution in [1.82, 2.24) is 30.4 Å². The third-order valence-electron chi connectivity index (χ3n) is 13.0. The number of carbonyl (C=O) groups is 6. The molecule has 2 aromatic heterocycles. The SMILES string of the molecule is CCCCCOCN(C(=O)[C@@H](CC(=O)[C@H]1CCCCN1C)C(C)CC)[C@H](C[C@@H](OC(C)=O)c1nc(C(=O)N[C@@H](Cc2ccccc2)C[C@H](C)C(=O)CNC(=O)OCCSSc2ccccn2)cs1)C(C)C. The second-order valence-corrected chi connectivity index (χ2v) is 22.3. The summed E-state index contributed by atoms with van der Waals surface area (Å²) in [7, 11) is 4.98. The van der Waals surface area contributed by atoms with Gasteiger partial charge in [0.05, 0.1) is 12.6 Å². The van der Waals surface area contributed by atoms with E-state index in [0.717, 1.165) is 55.7 Å². The van der Waals surface area contributed by atoms with Gasteiger partial charge in [-0.1, -0.05) is 114 Å². The van der Waals surface area contributed by atoms with Gasteiger partial charge in [0, 0.05) is 67.6 Å². The van der Waals surface area contributed by atoms with Crippen molar-refractivity contribution in [2.75, 3.05) is 45.8 Å². The van der Waals surface area contributed by atoms with E-state index >= 15 is 4.79 Å². The normalized spacial score (nSPS) is 16.5. The van der Waals surface area contributed by atoms with Gasteiger partial charge < -0.3 is 29.7 Å². The Hall–Kier alpha value is -4.36. The van der Waals surface area contributed by atoms with Crippen LogP contribution in [0.2, 0.25) is 0 Å². The van der Waals surface area contributed by atoms with Gasteiger partial charge in [0.1, 0.15) is 29.1 Å². The van der Waals surface area contributed by atoms with Crippen molar-refractivity contribution in [3.8, 4) is 0 Å². The van der Waals surface area contributed by atoms with Crippen LogP contribution in [0.1, 0.15) is 140 Å². The number of nitrogens with zero attached hydrogens (tertiary/aromatic N) is 4. The predicted octanol–water partition coefficient (Wildman–Crippen LogP) is 9.76. The highest BCUT2D eigenvalue weighted by Gasteiger charge is 2.39. The van der Waals surface area contributed by atoms with Crippen molar-refractivity contribution in [2.24, 2.45) is 23.7 Å². The van der Waals surface area contributed by atoms with Crippen LogP contribution in [0.4, 0.5) is 4.79 Å². The average Bonchev–Trinajstić information content (AvgIpc) is 3.86. The van der Waals surface area contributed by atoms with E-state index in [9.17, 15) is 24.0 Å². The van der Waals surface area contributed by atoms with Gasteiger partial charge in [-0.05, 0) is 86.0 Å². The maximum atomic E-state index is 15.0. The number of nitrogens with one attached hydrogen (secondary N) is 2. The van der Waals surface area contributed by atoms with E-state index in [1.807, 2.05) is 83.3 Å². The summed E-state index contributed by atoms with van der Waals surface area (Å²) in [6.07, 6.45) is 7.54. The maximum absolute atomic E-state index is 15.0. The zero-order chi connectivity index (χ0) is 51.7. The number of hydrogen-bond acceptors (Lipinski definition) is 15. The van der Waals surface area contributed by atoms with Gasteiger partial charge in [0.25, 0.3) is 5.91 Å². The molecule has 0 bridgehead atoms. The summed E-state index contributed by atoms with van der Waals surface area (Å²) in [5.41, 5.74) is 1.08. The number of aromatic nitrogens is 2. The molecule has 3 aromatic rings. The van der Waals surface area contributed by atoms with Crippen molar-refractivity contribution in [2.45, 2.75) is 148 Å². The standard InChI is InChI=1S/C53H78N6O9S3/c1-9-11-19-26-66-35-59(52(64)42(37(5)10-2)31-46(61)44-22-16-18-25-58(44)8)45(36(3)4)32-48(68-39(7)60)51-57-43(34-69-51)50(63)56-41(30-40-20-13-12-14-21-40)29-38(6)47(62)33-55-53(65)67-27-28-70-71-49-23-15-17-24-54-49/h12-15,17,20-21,23-24,34,36-38,41-42,44-45,48H,9-11,16,18-19,22,25-33,35H2,1-8H3,(H,55,65)(H,56,63)/t37?,38-,41+,42-,44+,45+,48+/m0/s1. The number of thiazole rings is 1. The first-order valence-electron chi connectivity index (χ1n) is 25.3. The lowest BCUT2D eigenvalue weighted by Gasteiger charge is -2.39. The lowest BCUT2D eigenvalue weighted by molar-refractivity contribution is -0.154. The molecule has 1 fully saturated rings. The van der Waals surface area contributed by atoms with E-state index in [2.05, 4.69) is 27.4 Å². The summed E-state index contributed by atoms with van der Waals surface area (Å²) in [6.45, 7) is 14.6. The fourth-order valence-corrected chi connectivity index (χ4v) is 11.2. The molecule has 3 amide bonds. The molecular formula is C53H78N6O9S3. The number of hydrogen-bond donors (Lipinski definition) is 2. The number of unbranched alkanes of at least 4 members (excludes halogenated alkanes) is 2. The number of alkyl carbamates (subject to hydrolysis) is 1. The van der Waals surface area contributed by atoms with Crippen LogP contribution < -0.4 is 10.6 Å². The number of rotatable bonds is 32. The lowest BCUT2D eigenvalue weighted by Crippen LogP contribution is -2.50. The van der Waals surface area contributed by atoms with Crippen molar-refractivity contribution in [3.63, 3.8) is 0 Å². The molecular weight excluding hydrogens is 961 g/mol. The van der Waals surface area contributed by atoms with Crippen LogP contribution in [0.5, 0.6) is 0 Å². The van der Waals surface area contributed by atoms with E-state index in [1.54, 1.807) is 23.4 Å². The summed E-state index contributed by atoms with van der Waals surface area (Å²) in [4.78, 5) is 94.4. The van der Waals surface area contributed by atoms with Crippen molar-refractivity contribution < 1.29 is 43.0 Å². The largest absolute Gasteiger partial charge is 0.455 e. The molecule has 1 aliphatic rings. The van der Waals surface area contributed by atoms with E-state index < -0.39 is 48.0 Å². The summed E-state index contributed by atoms with van der Waals surface area (Å²) in [5.74, 6) is -2.03. The zero-order valence-electron chi connectivity index (χ0n) is 43.1. The Morgan fingerprint density at radius 2 is 1.72 bits per heavy atom. The van der Waals surface area contributed by atoms with Gasteiger partial charge in [-0.2, -0.15) is 0 Å². The number of Topliss-reactive ketones (excluding diaryl/α,β-unsaturated/α-hetero) is 2. The van der Waals surface area contributed by atoms with Crippen LogP contribution in [-0.2, 0) is 39.8 Å². The molecule has 7 atom stereocenters. The van der Waals surface area contributed by atoms with Crippen LogP contribution >= 0.6 is 32.9 Å². The van der Waals surface area contributed by atoms with Gasteiger partial charge in [-0.15, -0.1) is 11.3 Å². The van der Waals surface area contributed by atoms with Crippen LogP contribution in [0.15, 0.2) is 65.1 Å². The van der Waals surface area contributed by atoms with Crippen LogP contribution in [-0.4, -0.2) is 119 Å². The van der Waals surface area contributed by atoms with Gasteiger partial charge >= 0.3 is 12.1 Å². The Morgan fingerprint density at radius 1 is 0.958 bits per heavy atom. The highest BCUT2D eigenvalue weighted by molar-refractivity contribution is 8.76. The first-order valence-corrected chi connectivity index (χ1v) is 28.5. The van der Waals surface area contributed by atoms with Crippen molar-refractivity contribution in [1.29, 1.82) is 0 Å². The minimum absolute atomic E-state index is 0.0183. The first kappa shape index (κ1) is 59.2. The molecule has 1 saturated heterocycles. The minimum atomic E-state index is -0.900. The number of ketones is 2. The second-order valence-electron chi connectivity index (χ2n) is 18.9. The molecule has 15 nitrogen and oxygen atoms in total. The summed E-state index contributed by atoms with van der Waals surface area (Å²) in [6, 6.07) is 14.1. The highest BCUT2D eigenvalue weighted by Crippen LogP contribution is 2.34. The number of benzene rings is 1. The Labute approximate surface area is 433 Å². The van der Waals surface area contributed by atoms with E-state index in [1.165, 1.54) is 39.8 Å². The quantitative estimate of drug-likeness (QED) is 0.0260. The number of carbonyl (C=O) groups excluding carboxylic acids is 6. The van der Waals surface area contributed by atoms with Gasteiger partial charge in [0.2, 0.25) is 5.91 Å². The number of likely N-dealkylation sites (N-methyl/N-ethyl adjacent to an activating group) is 1. The molecule has 3 heterocycles. The molecule has 2 N–H and O–H groups in total. The van der Waals surface area contributed by atoms with Crippen molar-refractivity contribution >= 4 is 68.4 Å². The monoisotopic (exact) mass is 1040 g/mol. The van der Waals surface area contributed by atoms with E-state index in [4.69, 9.17) is 19.2 Å². The van der Waals surface area contributed by atoms with Gasteiger partial charge in [-0.25, -0.2) is 14.8 Å². The molecule has 0 aliphatic carbocycles. The molecule has 0 spiro atoms. The molecule has 392 valence electrons. The Kier molecular flexibility index (Phi) is 26.6. The number of pyridine rings is 1. The zero-order valence-corrected chi connectivity index (χ0v) is 45.6. The molecule has 71 heavy (non-hydrogen) atoms. The Balaban J connectivity index is 1.48. The number of esters is 1. The Morgan fingerprint density at radius 3 is 2.39 bits per heavy atom. The third kappa shape index (κ3) is 20.6. The van der Waals surface area contributed by atoms with Gasteiger partial charge in [0.15, 0.2) is 17.7 Å². The highest BCUT2D eigenvalue weighted by atomic mass is 33.1. The third-order valence-corrected chi connectivity index (χ3v) is 16.2. The average molecular weight is 1040 g/mol. The number of likely N-dealkylation sites (tertiary alicyclic amines) is 1. The van der Waals surface area contributed by atoms with Crippen LogP contribution in [0.3, 0.4) is 0 Å². The van der Waals surface area contributed by atoms with E-state index in [0.29, 0.717) is 30.2 Å². The summed E-state index contributed by atoms with van der Waals surface area (Å²) >= 11 is 1.19. The molecule has 4 rings (SSSR count).